The van der Waals surface area contributed by atoms with Gasteiger partial charge in [-0.05, 0) is 17.8 Å². The normalized spacial score (nSPS) is 11.8. The molecule has 0 aromatic rings. The van der Waals surface area contributed by atoms with Gasteiger partial charge in [-0.3, -0.25) is 4.79 Å². The van der Waals surface area contributed by atoms with Crippen LogP contribution in [-0.4, -0.2) is 37.7 Å². The summed E-state index contributed by atoms with van der Waals surface area (Å²) in [4.78, 5) is 37.0. The van der Waals surface area contributed by atoms with Crippen LogP contribution in [-0.2, 0) is 28.6 Å². The SMILES string of the molecule is CCC(CC)COC(=O)/C=C(/CC(=O)OCC(CC)CC)C(=O)OCC(CC)CC. The van der Waals surface area contributed by atoms with E-state index in [-0.39, 0.29) is 43.0 Å². The van der Waals surface area contributed by atoms with Crippen molar-refractivity contribution in [1.82, 2.24) is 0 Å². The summed E-state index contributed by atoms with van der Waals surface area (Å²) in [6, 6.07) is 0. The van der Waals surface area contributed by atoms with Crippen molar-refractivity contribution in [2.45, 2.75) is 86.5 Å². The predicted molar refractivity (Wildman–Crippen MR) is 118 cm³/mol. The van der Waals surface area contributed by atoms with Crippen LogP contribution < -0.4 is 0 Å². The van der Waals surface area contributed by atoms with Crippen LogP contribution in [0.5, 0.6) is 0 Å². The Bertz CT molecular complexity index is 528. The van der Waals surface area contributed by atoms with Crippen molar-refractivity contribution in [3.05, 3.63) is 11.6 Å². The highest BCUT2D eigenvalue weighted by atomic mass is 16.5. The van der Waals surface area contributed by atoms with Gasteiger partial charge in [-0.15, -0.1) is 0 Å². The van der Waals surface area contributed by atoms with E-state index >= 15 is 0 Å². The van der Waals surface area contributed by atoms with Gasteiger partial charge in [0, 0.05) is 6.08 Å². The summed E-state index contributed by atoms with van der Waals surface area (Å²) in [6.07, 6.45) is 6.17. The summed E-state index contributed by atoms with van der Waals surface area (Å²) in [5.41, 5.74) is -0.0231. The van der Waals surface area contributed by atoms with Crippen molar-refractivity contribution >= 4 is 17.9 Å². The molecule has 0 aliphatic carbocycles. The minimum absolute atomic E-state index is 0.0231. The monoisotopic (exact) mass is 426 g/mol. The first-order valence-corrected chi connectivity index (χ1v) is 11.5. The van der Waals surface area contributed by atoms with Crippen molar-refractivity contribution in [2.24, 2.45) is 17.8 Å². The summed E-state index contributed by atoms with van der Waals surface area (Å²) in [7, 11) is 0. The molecule has 0 aromatic heterocycles. The Kier molecular flexibility index (Phi) is 15.9. The van der Waals surface area contributed by atoms with Gasteiger partial charge >= 0.3 is 17.9 Å². The first-order valence-electron chi connectivity index (χ1n) is 11.5. The molecule has 6 heteroatoms. The van der Waals surface area contributed by atoms with Gasteiger partial charge < -0.3 is 14.2 Å². The Morgan fingerprint density at radius 3 is 1.47 bits per heavy atom. The van der Waals surface area contributed by atoms with E-state index in [0.29, 0.717) is 6.61 Å². The van der Waals surface area contributed by atoms with Gasteiger partial charge in [0.2, 0.25) is 0 Å². The summed E-state index contributed by atoms with van der Waals surface area (Å²) in [6.45, 7) is 13.1. The first-order chi connectivity index (χ1) is 14.3. The molecule has 0 fully saturated rings. The molecule has 0 atom stereocenters. The number of carbonyl (C=O) groups excluding carboxylic acids is 3. The van der Waals surface area contributed by atoms with Crippen LogP contribution in [0.25, 0.3) is 0 Å². The van der Waals surface area contributed by atoms with E-state index in [1.165, 1.54) is 0 Å². The lowest BCUT2D eigenvalue weighted by Crippen LogP contribution is -2.20. The van der Waals surface area contributed by atoms with Gasteiger partial charge in [0.25, 0.3) is 0 Å². The number of hydrogen-bond donors (Lipinski definition) is 0. The minimum atomic E-state index is -0.666. The van der Waals surface area contributed by atoms with E-state index in [2.05, 4.69) is 0 Å². The predicted octanol–water partition coefficient (Wildman–Crippen LogP) is 5.24. The van der Waals surface area contributed by atoms with Gasteiger partial charge in [-0.2, -0.15) is 0 Å². The lowest BCUT2D eigenvalue weighted by Gasteiger charge is -2.15. The highest BCUT2D eigenvalue weighted by Crippen LogP contribution is 2.14. The molecule has 6 nitrogen and oxygen atoms in total. The molecule has 0 unspecified atom stereocenters. The number of rotatable bonds is 16. The van der Waals surface area contributed by atoms with E-state index in [4.69, 9.17) is 14.2 Å². The molecule has 174 valence electrons. The van der Waals surface area contributed by atoms with Crippen LogP contribution >= 0.6 is 0 Å². The smallest absolute Gasteiger partial charge is 0.334 e. The van der Waals surface area contributed by atoms with Crippen LogP contribution in [0.2, 0.25) is 0 Å². The lowest BCUT2D eigenvalue weighted by atomic mass is 10.1. The van der Waals surface area contributed by atoms with Crippen molar-refractivity contribution in [1.29, 1.82) is 0 Å². The third-order valence-corrected chi connectivity index (χ3v) is 5.74. The lowest BCUT2D eigenvalue weighted by molar-refractivity contribution is -0.148. The summed E-state index contributed by atoms with van der Waals surface area (Å²) < 4.78 is 15.9. The molecule has 0 aliphatic rings. The van der Waals surface area contributed by atoms with Crippen molar-refractivity contribution in [3.8, 4) is 0 Å². The zero-order chi connectivity index (χ0) is 22.9. The fraction of sp³-hybridized carbons (Fsp3) is 0.792. The van der Waals surface area contributed by atoms with Gasteiger partial charge in [0.1, 0.15) is 0 Å². The molecule has 0 N–H and O–H groups in total. The van der Waals surface area contributed by atoms with Crippen molar-refractivity contribution < 1.29 is 28.6 Å². The molecule has 0 aliphatic heterocycles. The van der Waals surface area contributed by atoms with Gasteiger partial charge in [0.15, 0.2) is 0 Å². The fourth-order valence-corrected chi connectivity index (χ4v) is 2.84. The standard InChI is InChI=1S/C24H42O6/c1-7-18(8-2)15-28-22(25)13-21(24(27)30-17-20(11-5)12-6)14-23(26)29-16-19(9-3)10-4/h13,18-20H,7-12,14-17H2,1-6H3/b21-13-. The minimum Gasteiger partial charge on any atom is -0.465 e. The number of esters is 3. The molecule has 0 heterocycles. The maximum Gasteiger partial charge on any atom is 0.334 e. The van der Waals surface area contributed by atoms with Crippen LogP contribution in [0.1, 0.15) is 86.5 Å². The third kappa shape index (κ3) is 12.0. The summed E-state index contributed by atoms with van der Waals surface area (Å²) in [5.74, 6) is -1.03. The van der Waals surface area contributed by atoms with Crippen molar-refractivity contribution in [2.75, 3.05) is 19.8 Å². The molecular weight excluding hydrogens is 384 g/mol. The van der Waals surface area contributed by atoms with E-state index in [1.807, 2.05) is 41.5 Å². The Morgan fingerprint density at radius 1 is 0.633 bits per heavy atom. The van der Waals surface area contributed by atoms with Crippen LogP contribution in [0.3, 0.4) is 0 Å². The first kappa shape index (κ1) is 28.1. The molecule has 0 aromatic carbocycles. The number of carbonyl (C=O) groups is 3. The molecule has 0 bridgehead atoms. The maximum absolute atomic E-state index is 12.5. The zero-order valence-corrected chi connectivity index (χ0v) is 19.8. The average Bonchev–Trinajstić information content (AvgIpc) is 2.75. The third-order valence-electron chi connectivity index (χ3n) is 5.74. The maximum atomic E-state index is 12.5. The zero-order valence-electron chi connectivity index (χ0n) is 19.8. The van der Waals surface area contributed by atoms with Crippen molar-refractivity contribution in [3.63, 3.8) is 0 Å². The van der Waals surface area contributed by atoms with Gasteiger partial charge in [0.05, 0.1) is 31.8 Å². The average molecular weight is 427 g/mol. The highest BCUT2D eigenvalue weighted by Gasteiger charge is 2.21. The molecule has 0 rings (SSSR count). The molecule has 0 saturated heterocycles. The molecule has 30 heavy (non-hydrogen) atoms. The largest absolute Gasteiger partial charge is 0.465 e. The Labute approximate surface area is 182 Å². The van der Waals surface area contributed by atoms with Gasteiger partial charge in [-0.1, -0.05) is 80.1 Å². The van der Waals surface area contributed by atoms with Crippen LogP contribution in [0, 0.1) is 17.8 Å². The van der Waals surface area contributed by atoms with E-state index in [0.717, 1.165) is 44.6 Å². The summed E-state index contributed by atoms with van der Waals surface area (Å²) >= 11 is 0. The summed E-state index contributed by atoms with van der Waals surface area (Å²) in [5, 5.41) is 0. The second kappa shape index (κ2) is 16.9. The second-order valence-corrected chi connectivity index (χ2v) is 7.81. The van der Waals surface area contributed by atoms with Gasteiger partial charge in [-0.25, -0.2) is 9.59 Å². The second-order valence-electron chi connectivity index (χ2n) is 7.81. The van der Waals surface area contributed by atoms with E-state index in [9.17, 15) is 14.4 Å². The molecule has 0 saturated carbocycles. The quantitative estimate of drug-likeness (QED) is 0.191. The van der Waals surface area contributed by atoms with Crippen LogP contribution in [0.4, 0.5) is 0 Å². The number of hydrogen-bond acceptors (Lipinski definition) is 6. The van der Waals surface area contributed by atoms with E-state index < -0.39 is 17.9 Å². The topological polar surface area (TPSA) is 78.9 Å². The Balaban J connectivity index is 5.11. The molecule has 0 spiro atoms. The number of ether oxygens (including phenoxy) is 3. The van der Waals surface area contributed by atoms with E-state index in [1.54, 1.807) is 0 Å². The molecule has 0 amide bonds. The Morgan fingerprint density at radius 2 is 1.03 bits per heavy atom. The Hall–Kier alpha value is -1.85. The molecule has 0 radical (unpaired) electrons. The fourth-order valence-electron chi connectivity index (χ4n) is 2.84. The highest BCUT2D eigenvalue weighted by molar-refractivity contribution is 5.99. The van der Waals surface area contributed by atoms with Crippen LogP contribution in [0.15, 0.2) is 11.6 Å². The molecular formula is C24H42O6.